The Labute approximate surface area is 205 Å². The smallest absolute Gasteiger partial charge is 0.233 e. The highest BCUT2D eigenvalue weighted by Crippen LogP contribution is 2.52. The van der Waals surface area contributed by atoms with Crippen molar-refractivity contribution in [2.24, 2.45) is 28.7 Å². The first kappa shape index (κ1) is 24.3. The summed E-state index contributed by atoms with van der Waals surface area (Å²) in [6.45, 7) is 3.96. The maximum Gasteiger partial charge on any atom is 0.233 e. The Kier molecular flexibility index (Phi) is 8.02. The van der Waals surface area contributed by atoms with Gasteiger partial charge in [-0.3, -0.25) is 14.5 Å². The number of nitrogens with zero attached hydrogens (tertiary/aromatic N) is 2. The van der Waals surface area contributed by atoms with Gasteiger partial charge in [-0.15, -0.1) is 24.0 Å². The summed E-state index contributed by atoms with van der Waals surface area (Å²) in [6, 6.07) is 5.69. The van der Waals surface area contributed by atoms with E-state index in [0.717, 1.165) is 12.0 Å². The minimum Gasteiger partial charge on any atom is -0.493 e. The lowest BCUT2D eigenvalue weighted by Gasteiger charge is -2.18. The second kappa shape index (κ2) is 10.5. The molecule has 1 aromatic rings. The van der Waals surface area contributed by atoms with Gasteiger partial charge in [-0.25, -0.2) is 4.99 Å². The van der Waals surface area contributed by atoms with Crippen LogP contribution in [0, 0.1) is 23.7 Å². The molecular formula is C23H31IN4O4. The van der Waals surface area contributed by atoms with Gasteiger partial charge in [0.15, 0.2) is 17.5 Å². The van der Waals surface area contributed by atoms with Gasteiger partial charge in [-0.05, 0) is 42.9 Å². The first-order chi connectivity index (χ1) is 15.1. The van der Waals surface area contributed by atoms with Crippen molar-refractivity contribution >= 4 is 41.8 Å². The summed E-state index contributed by atoms with van der Waals surface area (Å²) in [5.74, 6) is 2.14. The summed E-state index contributed by atoms with van der Waals surface area (Å²) in [7, 11) is 3.21. The average Bonchev–Trinajstić information content (AvgIpc) is 3.47. The van der Waals surface area contributed by atoms with Crippen molar-refractivity contribution in [1.82, 2.24) is 15.5 Å². The molecule has 9 heteroatoms. The molecule has 1 saturated carbocycles. The van der Waals surface area contributed by atoms with Gasteiger partial charge in [-0.1, -0.05) is 18.2 Å². The number of hydrogen-bond donors (Lipinski definition) is 2. The summed E-state index contributed by atoms with van der Waals surface area (Å²) < 4.78 is 10.6. The number of fused-ring (bicyclic) bond motifs is 5. The van der Waals surface area contributed by atoms with Crippen molar-refractivity contribution in [3.8, 4) is 11.5 Å². The monoisotopic (exact) mass is 554 g/mol. The molecule has 4 atom stereocenters. The zero-order valence-electron chi connectivity index (χ0n) is 18.7. The molecule has 0 aromatic heterocycles. The number of likely N-dealkylation sites (tertiary alicyclic amines) is 1. The van der Waals surface area contributed by atoms with E-state index in [0.29, 0.717) is 43.6 Å². The molecule has 2 fully saturated rings. The molecule has 0 radical (unpaired) electrons. The number of hydrogen-bond acceptors (Lipinski definition) is 5. The van der Waals surface area contributed by atoms with E-state index in [1.54, 1.807) is 14.2 Å². The highest BCUT2D eigenvalue weighted by Gasteiger charge is 2.58. The second-order valence-corrected chi connectivity index (χ2v) is 8.14. The highest BCUT2D eigenvalue weighted by molar-refractivity contribution is 14.0. The van der Waals surface area contributed by atoms with Crippen molar-refractivity contribution in [1.29, 1.82) is 0 Å². The van der Waals surface area contributed by atoms with Gasteiger partial charge in [0.05, 0.1) is 32.6 Å². The number of allylic oxidation sites excluding steroid dienone is 2. The molecule has 3 aliphatic rings. The molecule has 174 valence electrons. The molecule has 8 nitrogen and oxygen atoms in total. The fourth-order valence-electron chi connectivity index (χ4n) is 4.96. The third-order valence-electron chi connectivity index (χ3n) is 6.40. The van der Waals surface area contributed by atoms with Crippen molar-refractivity contribution in [2.45, 2.75) is 19.9 Å². The van der Waals surface area contributed by atoms with Crippen LogP contribution < -0.4 is 20.1 Å². The predicted molar refractivity (Wildman–Crippen MR) is 132 cm³/mol. The summed E-state index contributed by atoms with van der Waals surface area (Å²) in [6.07, 6.45) is 5.18. The van der Waals surface area contributed by atoms with Crippen LogP contribution >= 0.6 is 24.0 Å². The lowest BCUT2D eigenvalue weighted by atomic mass is 9.85. The van der Waals surface area contributed by atoms with E-state index in [1.165, 1.54) is 4.90 Å². The van der Waals surface area contributed by atoms with Crippen LogP contribution in [0.25, 0.3) is 0 Å². The Hall–Kier alpha value is -2.30. The fourth-order valence-corrected chi connectivity index (χ4v) is 4.96. The van der Waals surface area contributed by atoms with E-state index in [1.807, 2.05) is 25.1 Å². The van der Waals surface area contributed by atoms with Crippen LogP contribution in [-0.4, -0.2) is 56.5 Å². The standard InChI is InChI=1S/C23H30N4O4.HI/c1-4-24-23(26-13-14-5-8-17(30-2)18(11-14)31-3)25-9-10-27-21(28)19-15-6-7-16(12-15)20(19)22(27)29;/h5-8,11,15-16,19-20H,4,9-10,12-13H2,1-3H3,(H2,24,25,26);1H. The number of guanidine groups is 1. The normalized spacial score (nSPS) is 25.6. The molecule has 2 bridgehead atoms. The molecule has 1 saturated heterocycles. The van der Waals surface area contributed by atoms with Crippen molar-refractivity contribution in [3.05, 3.63) is 35.9 Å². The zero-order chi connectivity index (χ0) is 22.0. The van der Waals surface area contributed by atoms with Gasteiger partial charge in [0, 0.05) is 19.6 Å². The molecule has 1 aromatic carbocycles. The van der Waals surface area contributed by atoms with Crippen molar-refractivity contribution in [3.63, 3.8) is 0 Å². The Morgan fingerprint density at radius 2 is 1.72 bits per heavy atom. The predicted octanol–water partition coefficient (Wildman–Crippen LogP) is 2.18. The Morgan fingerprint density at radius 3 is 2.31 bits per heavy atom. The summed E-state index contributed by atoms with van der Waals surface area (Å²) in [4.78, 5) is 31.6. The average molecular weight is 554 g/mol. The molecule has 1 aliphatic heterocycles. The Balaban J connectivity index is 0.00000289. The molecule has 0 spiro atoms. The molecule has 2 aliphatic carbocycles. The van der Waals surface area contributed by atoms with Crippen molar-refractivity contribution < 1.29 is 19.1 Å². The SMILES string of the molecule is CCNC(=NCc1ccc(OC)c(OC)c1)NCCN1C(=O)C2C3C=CC(C3)C2C1=O.I. The number of rotatable bonds is 8. The number of carbonyl (C=O) groups is 2. The molecule has 32 heavy (non-hydrogen) atoms. The van der Waals surface area contributed by atoms with Gasteiger partial charge >= 0.3 is 0 Å². The maximum atomic E-state index is 12.8. The van der Waals surface area contributed by atoms with Crippen LogP contribution in [0.5, 0.6) is 11.5 Å². The largest absolute Gasteiger partial charge is 0.493 e. The van der Waals surface area contributed by atoms with Crippen LogP contribution in [0.2, 0.25) is 0 Å². The molecule has 4 rings (SSSR count). The molecule has 1 heterocycles. The first-order valence-corrected chi connectivity index (χ1v) is 10.8. The second-order valence-electron chi connectivity index (χ2n) is 8.14. The number of benzene rings is 1. The number of carbonyl (C=O) groups excluding carboxylic acids is 2. The van der Waals surface area contributed by atoms with Gasteiger partial charge in [0.2, 0.25) is 11.8 Å². The zero-order valence-corrected chi connectivity index (χ0v) is 21.0. The maximum absolute atomic E-state index is 12.8. The van der Waals surface area contributed by atoms with E-state index >= 15 is 0 Å². The van der Waals surface area contributed by atoms with Crippen LogP contribution in [0.4, 0.5) is 0 Å². The van der Waals surface area contributed by atoms with E-state index in [9.17, 15) is 9.59 Å². The Morgan fingerprint density at radius 1 is 1.06 bits per heavy atom. The van der Waals surface area contributed by atoms with Gasteiger partial charge in [-0.2, -0.15) is 0 Å². The minimum absolute atomic E-state index is 0. The number of halogens is 1. The highest BCUT2D eigenvalue weighted by atomic mass is 127. The third-order valence-corrected chi connectivity index (χ3v) is 6.40. The summed E-state index contributed by atoms with van der Waals surface area (Å²) in [5, 5.41) is 6.44. The summed E-state index contributed by atoms with van der Waals surface area (Å²) in [5.41, 5.74) is 0.982. The van der Waals surface area contributed by atoms with E-state index in [-0.39, 0.29) is 59.5 Å². The van der Waals surface area contributed by atoms with Gasteiger partial charge in [0.1, 0.15) is 0 Å². The molecular weight excluding hydrogens is 523 g/mol. The first-order valence-electron chi connectivity index (χ1n) is 10.8. The number of imide groups is 1. The number of methoxy groups -OCH3 is 2. The van der Waals surface area contributed by atoms with Crippen molar-refractivity contribution in [2.75, 3.05) is 33.9 Å². The van der Waals surface area contributed by atoms with E-state index < -0.39 is 0 Å². The Bertz CT molecular complexity index is 889. The molecule has 2 N–H and O–H groups in total. The van der Waals surface area contributed by atoms with E-state index in [2.05, 4.69) is 27.8 Å². The lowest BCUT2D eigenvalue weighted by molar-refractivity contribution is -0.140. The topological polar surface area (TPSA) is 92.3 Å². The number of nitrogens with one attached hydrogen (secondary N) is 2. The lowest BCUT2D eigenvalue weighted by Crippen LogP contribution is -2.43. The number of aliphatic imine (C=N–C) groups is 1. The number of ether oxygens (including phenoxy) is 2. The third kappa shape index (κ3) is 4.57. The van der Waals surface area contributed by atoms with Gasteiger partial charge in [0.25, 0.3) is 0 Å². The van der Waals surface area contributed by atoms with Crippen LogP contribution in [0.1, 0.15) is 18.9 Å². The fraction of sp³-hybridized carbons (Fsp3) is 0.522. The number of amides is 2. The molecule has 4 unspecified atom stereocenters. The van der Waals surface area contributed by atoms with Gasteiger partial charge < -0.3 is 20.1 Å². The van der Waals surface area contributed by atoms with Crippen LogP contribution in [-0.2, 0) is 16.1 Å². The quantitative estimate of drug-likeness (QED) is 0.168. The molecule has 2 amide bonds. The summed E-state index contributed by atoms with van der Waals surface area (Å²) >= 11 is 0. The van der Waals surface area contributed by atoms with E-state index in [4.69, 9.17) is 9.47 Å². The minimum atomic E-state index is -0.144. The van der Waals surface area contributed by atoms with Crippen LogP contribution in [0.15, 0.2) is 35.3 Å². The van der Waals surface area contributed by atoms with Crippen LogP contribution in [0.3, 0.4) is 0 Å².